The molecule has 12 heteroatoms. The molecule has 4 aromatic rings. The van der Waals surface area contributed by atoms with Crippen LogP contribution in [0.15, 0.2) is 97.1 Å². The third-order valence-corrected chi connectivity index (χ3v) is 6.67. The normalized spacial score (nSPS) is 12.7. The largest absolute Gasteiger partial charge is 0.491 e. The highest BCUT2D eigenvalue weighted by Crippen LogP contribution is 2.29. The van der Waals surface area contributed by atoms with E-state index in [0.29, 0.717) is 11.6 Å². The van der Waals surface area contributed by atoms with E-state index >= 15 is 0 Å². The van der Waals surface area contributed by atoms with Crippen LogP contribution in [0.2, 0.25) is 0 Å². The summed E-state index contributed by atoms with van der Waals surface area (Å²) in [6.07, 6.45) is -5.87. The first-order valence-electron chi connectivity index (χ1n) is 13.8. The summed E-state index contributed by atoms with van der Waals surface area (Å²) in [6.45, 7) is -0.365. The summed E-state index contributed by atoms with van der Waals surface area (Å²) in [4.78, 5) is 25.9. The zero-order valence-electron chi connectivity index (χ0n) is 23.8. The predicted octanol–water partition coefficient (Wildman–Crippen LogP) is 5.24. The number of carbonyl (C=O) groups is 2. The lowest BCUT2D eigenvalue weighted by Crippen LogP contribution is -2.50. The van der Waals surface area contributed by atoms with Crippen molar-refractivity contribution < 1.29 is 41.4 Å². The van der Waals surface area contributed by atoms with Crippen molar-refractivity contribution in [2.45, 2.75) is 31.4 Å². The average Bonchev–Trinajstić information content (AvgIpc) is 3.01. The fourth-order valence-electron chi connectivity index (χ4n) is 4.34. The second-order valence-corrected chi connectivity index (χ2v) is 10.1. The van der Waals surface area contributed by atoms with Gasteiger partial charge in [0.25, 0.3) is 11.8 Å². The Balaban J connectivity index is 1.43. The van der Waals surface area contributed by atoms with Gasteiger partial charge in [0.05, 0.1) is 17.7 Å². The number of halogens is 5. The van der Waals surface area contributed by atoms with Gasteiger partial charge >= 0.3 is 6.18 Å². The Morgan fingerprint density at radius 2 is 1.40 bits per heavy atom. The van der Waals surface area contributed by atoms with Gasteiger partial charge in [0, 0.05) is 49.0 Å². The molecule has 236 valence electrons. The third kappa shape index (κ3) is 10.1. The Labute approximate surface area is 256 Å². The number of aliphatic hydroxyl groups excluding tert-OH is 1. The number of hydrogen-bond acceptors (Lipinski definition) is 5. The number of amides is 2. The van der Waals surface area contributed by atoms with Gasteiger partial charge in [0.1, 0.15) is 24.0 Å². The first-order chi connectivity index (χ1) is 21.5. The number of alkyl halides is 3. The van der Waals surface area contributed by atoms with Gasteiger partial charge in [-0.2, -0.15) is 13.2 Å². The highest BCUT2D eigenvalue weighted by atomic mass is 19.4. The number of carbonyl (C=O) groups excluding carboxylic acids is 2. The fraction of sp³-hybridized carbons (Fsp3) is 0.212. The number of ether oxygens (including phenoxy) is 1. The topological polar surface area (TPSA) is 99.7 Å². The van der Waals surface area contributed by atoms with Gasteiger partial charge in [0.15, 0.2) is 0 Å². The first kappa shape index (κ1) is 33.1. The van der Waals surface area contributed by atoms with E-state index in [1.165, 1.54) is 36.4 Å². The molecule has 2 amide bonds. The van der Waals surface area contributed by atoms with E-state index in [2.05, 4.69) is 16.0 Å². The number of aliphatic hydroxyl groups is 1. The highest BCUT2D eigenvalue weighted by molar-refractivity contribution is 5.99. The summed E-state index contributed by atoms with van der Waals surface area (Å²) in [5, 5.41) is 19.2. The maximum Gasteiger partial charge on any atom is 0.416 e. The summed E-state index contributed by atoms with van der Waals surface area (Å²) >= 11 is 0. The molecule has 0 aliphatic carbocycles. The van der Waals surface area contributed by atoms with E-state index in [1.54, 1.807) is 0 Å². The Bertz CT molecular complexity index is 1580. The molecule has 0 fully saturated rings. The predicted molar refractivity (Wildman–Crippen MR) is 156 cm³/mol. The average molecular weight is 628 g/mol. The molecule has 0 aliphatic rings. The molecular weight excluding hydrogens is 597 g/mol. The number of hydrogen-bond donors (Lipinski definition) is 4. The van der Waals surface area contributed by atoms with Crippen molar-refractivity contribution in [3.05, 3.63) is 137 Å². The lowest BCUT2D eigenvalue weighted by atomic mass is 10.1. The molecule has 0 spiro atoms. The van der Waals surface area contributed by atoms with E-state index in [0.717, 1.165) is 29.8 Å². The van der Waals surface area contributed by atoms with E-state index in [-0.39, 0.29) is 36.5 Å². The van der Waals surface area contributed by atoms with Crippen molar-refractivity contribution in [3.63, 3.8) is 0 Å². The molecule has 4 aromatic carbocycles. The van der Waals surface area contributed by atoms with Crippen LogP contribution in [0.3, 0.4) is 0 Å². The molecular formula is C33H30F5N3O4. The minimum Gasteiger partial charge on any atom is -0.491 e. The van der Waals surface area contributed by atoms with Crippen LogP contribution in [-0.2, 0) is 19.3 Å². The molecule has 4 N–H and O–H groups in total. The Morgan fingerprint density at radius 3 is 2.09 bits per heavy atom. The number of benzene rings is 4. The lowest BCUT2D eigenvalue weighted by Gasteiger charge is -2.25. The van der Waals surface area contributed by atoms with Gasteiger partial charge in [0.2, 0.25) is 0 Å². The van der Waals surface area contributed by atoms with E-state index < -0.39 is 53.9 Å². The zero-order valence-corrected chi connectivity index (χ0v) is 23.8. The minimum absolute atomic E-state index is 0.0300. The smallest absolute Gasteiger partial charge is 0.416 e. The molecule has 0 radical (unpaired) electrons. The second kappa shape index (κ2) is 15.3. The SMILES string of the molecule is O=C(NCc1ccccc1)c1cccc(C(=O)NC(COc2cc(F)cc(F)c2)C(O)CNCc2cccc(C(F)(F)F)c2)c1. The molecule has 0 bridgehead atoms. The summed E-state index contributed by atoms with van der Waals surface area (Å²) in [5.74, 6) is -3.07. The molecule has 2 atom stereocenters. The van der Waals surface area contributed by atoms with E-state index in [4.69, 9.17) is 4.74 Å². The van der Waals surface area contributed by atoms with Gasteiger partial charge in [-0.3, -0.25) is 9.59 Å². The van der Waals surface area contributed by atoms with Gasteiger partial charge in [-0.1, -0.05) is 54.6 Å². The van der Waals surface area contributed by atoms with Crippen LogP contribution in [0.4, 0.5) is 22.0 Å². The molecule has 7 nitrogen and oxygen atoms in total. The molecule has 4 rings (SSSR count). The maximum atomic E-state index is 13.7. The molecule has 0 heterocycles. The van der Waals surface area contributed by atoms with Crippen LogP contribution in [0.5, 0.6) is 5.75 Å². The summed E-state index contributed by atoms with van der Waals surface area (Å²) < 4.78 is 72.0. The Morgan fingerprint density at radius 1 is 0.756 bits per heavy atom. The van der Waals surface area contributed by atoms with Crippen molar-refractivity contribution in [3.8, 4) is 5.75 Å². The lowest BCUT2D eigenvalue weighted by molar-refractivity contribution is -0.137. The summed E-state index contributed by atoms with van der Waals surface area (Å²) in [5.41, 5.74) is 0.681. The van der Waals surface area contributed by atoms with Crippen molar-refractivity contribution in [2.75, 3.05) is 13.2 Å². The van der Waals surface area contributed by atoms with Gasteiger partial charge in [-0.15, -0.1) is 0 Å². The van der Waals surface area contributed by atoms with Gasteiger partial charge in [-0.25, -0.2) is 8.78 Å². The number of nitrogens with one attached hydrogen (secondary N) is 3. The first-order valence-corrected chi connectivity index (χ1v) is 13.8. The Hall–Kier alpha value is -4.81. The van der Waals surface area contributed by atoms with Crippen molar-refractivity contribution >= 4 is 11.8 Å². The molecule has 0 aromatic heterocycles. The molecule has 0 aliphatic heterocycles. The summed E-state index contributed by atoms with van der Waals surface area (Å²) in [7, 11) is 0. The van der Waals surface area contributed by atoms with Crippen LogP contribution in [0, 0.1) is 11.6 Å². The van der Waals surface area contributed by atoms with Gasteiger partial charge < -0.3 is 25.8 Å². The zero-order chi connectivity index (χ0) is 32.4. The number of rotatable bonds is 13. The van der Waals surface area contributed by atoms with Crippen molar-refractivity contribution in [2.24, 2.45) is 0 Å². The van der Waals surface area contributed by atoms with Crippen LogP contribution in [-0.4, -0.2) is 42.2 Å². The fourth-order valence-corrected chi connectivity index (χ4v) is 4.34. The molecule has 45 heavy (non-hydrogen) atoms. The third-order valence-electron chi connectivity index (χ3n) is 6.67. The van der Waals surface area contributed by atoms with Crippen LogP contribution < -0.4 is 20.7 Å². The quantitative estimate of drug-likeness (QED) is 0.152. The van der Waals surface area contributed by atoms with Crippen LogP contribution in [0.25, 0.3) is 0 Å². The Kier molecular flexibility index (Phi) is 11.2. The standard InChI is InChI=1S/C33H30F5N3O4/c34-26-14-27(35)16-28(15-26)45-20-29(30(42)19-39-17-22-8-4-11-25(12-22)33(36,37)38)41-32(44)24-10-5-9-23(13-24)31(43)40-18-21-6-2-1-3-7-21/h1-16,29-30,39,42H,17-20H2,(H,40,43)(H,41,44). The molecule has 0 saturated carbocycles. The van der Waals surface area contributed by atoms with Crippen LogP contribution >= 0.6 is 0 Å². The van der Waals surface area contributed by atoms with E-state index in [9.17, 15) is 36.6 Å². The molecule has 2 unspecified atom stereocenters. The van der Waals surface area contributed by atoms with Crippen molar-refractivity contribution in [1.82, 2.24) is 16.0 Å². The summed E-state index contributed by atoms with van der Waals surface area (Å²) in [6, 6.07) is 21.1. The monoisotopic (exact) mass is 627 g/mol. The van der Waals surface area contributed by atoms with Crippen molar-refractivity contribution in [1.29, 1.82) is 0 Å². The van der Waals surface area contributed by atoms with E-state index in [1.807, 2.05) is 30.3 Å². The second-order valence-electron chi connectivity index (χ2n) is 10.1. The maximum absolute atomic E-state index is 13.7. The molecule has 0 saturated heterocycles. The van der Waals surface area contributed by atoms with Crippen LogP contribution in [0.1, 0.15) is 37.4 Å². The highest BCUT2D eigenvalue weighted by Gasteiger charge is 2.30. The van der Waals surface area contributed by atoms with Gasteiger partial charge in [-0.05, 0) is 35.4 Å². The minimum atomic E-state index is -4.52.